The number of rotatable bonds is 5. The Kier molecular flexibility index (Phi) is 5.57. The van der Waals surface area contributed by atoms with Crippen LogP contribution in [0.2, 0.25) is 0 Å². The molecule has 0 spiro atoms. The Labute approximate surface area is 71.8 Å². The van der Waals surface area contributed by atoms with Gasteiger partial charge in [-0.15, -0.1) is 0 Å². The minimum Gasteiger partial charge on any atom is -0.303 e. The Morgan fingerprint density at radius 3 is 1.91 bits per heavy atom. The van der Waals surface area contributed by atoms with Gasteiger partial charge in [-0.3, -0.25) is 0 Å². The molecule has 1 heteroatoms. The molecule has 0 fully saturated rings. The topological polar surface area (TPSA) is 3.24 Å². The molecule has 0 aliphatic carbocycles. The number of hydrogen-bond acceptors (Lipinski definition) is 1. The highest BCUT2D eigenvalue weighted by molar-refractivity contribution is 4.71. The fraction of sp³-hybridized carbons (Fsp3) is 1.00. The van der Waals surface area contributed by atoms with E-state index in [-0.39, 0.29) is 0 Å². The second-order valence-corrected chi connectivity index (χ2v) is 3.43. The largest absolute Gasteiger partial charge is 0.303 e. The number of hydrogen-bond donors (Lipinski definition) is 0. The van der Waals surface area contributed by atoms with E-state index in [9.17, 15) is 0 Å². The summed E-state index contributed by atoms with van der Waals surface area (Å²) in [6, 6.07) is 0.782. The second-order valence-electron chi connectivity index (χ2n) is 3.43. The molecule has 0 N–H and O–H groups in total. The van der Waals surface area contributed by atoms with Crippen LogP contribution in [0.4, 0.5) is 0 Å². The molecule has 68 valence electrons. The van der Waals surface area contributed by atoms with Crippen LogP contribution < -0.4 is 0 Å². The normalized spacial score (nSPS) is 16.9. The molecule has 0 amide bonds. The molecule has 0 heterocycles. The van der Waals surface area contributed by atoms with Gasteiger partial charge in [0.05, 0.1) is 0 Å². The Bertz CT molecular complexity index is 80.9. The molecule has 0 aromatic rings. The molecular formula is C10H23N. The van der Waals surface area contributed by atoms with E-state index in [1.54, 1.807) is 0 Å². The zero-order valence-electron chi connectivity index (χ0n) is 8.72. The first-order chi connectivity index (χ1) is 5.17. The third-order valence-electron chi connectivity index (χ3n) is 2.78. The molecule has 11 heavy (non-hydrogen) atoms. The third kappa shape index (κ3) is 3.24. The van der Waals surface area contributed by atoms with Crippen molar-refractivity contribution >= 4 is 0 Å². The van der Waals surface area contributed by atoms with Crippen LogP contribution in [0.25, 0.3) is 0 Å². The summed E-state index contributed by atoms with van der Waals surface area (Å²) in [5.41, 5.74) is 0. The van der Waals surface area contributed by atoms with E-state index in [1.165, 1.54) is 19.4 Å². The van der Waals surface area contributed by atoms with Crippen LogP contribution in [0, 0.1) is 5.92 Å². The van der Waals surface area contributed by atoms with Crippen LogP contribution in [-0.4, -0.2) is 24.5 Å². The van der Waals surface area contributed by atoms with E-state index in [0.29, 0.717) is 0 Å². The third-order valence-corrected chi connectivity index (χ3v) is 2.78. The summed E-state index contributed by atoms with van der Waals surface area (Å²) in [4.78, 5) is 2.45. The fourth-order valence-corrected chi connectivity index (χ4v) is 1.66. The molecule has 0 radical (unpaired) electrons. The second kappa shape index (κ2) is 5.59. The van der Waals surface area contributed by atoms with Crippen LogP contribution in [0.15, 0.2) is 0 Å². The van der Waals surface area contributed by atoms with Crippen LogP contribution in [0.3, 0.4) is 0 Å². The van der Waals surface area contributed by atoms with Gasteiger partial charge in [-0.1, -0.05) is 34.1 Å². The van der Waals surface area contributed by atoms with Gasteiger partial charge in [0, 0.05) is 6.04 Å². The summed E-state index contributed by atoms with van der Waals surface area (Å²) in [5, 5.41) is 0. The zero-order valence-corrected chi connectivity index (χ0v) is 8.72. The highest BCUT2D eigenvalue weighted by atomic mass is 15.1. The van der Waals surface area contributed by atoms with E-state index >= 15 is 0 Å². The predicted molar refractivity (Wildman–Crippen MR) is 51.8 cm³/mol. The van der Waals surface area contributed by atoms with Crippen molar-refractivity contribution in [1.82, 2.24) is 4.90 Å². The van der Waals surface area contributed by atoms with Gasteiger partial charge in [0.25, 0.3) is 0 Å². The summed E-state index contributed by atoms with van der Waals surface area (Å²) in [6.07, 6.45) is 2.57. The van der Waals surface area contributed by atoms with Gasteiger partial charge in [0.1, 0.15) is 0 Å². The van der Waals surface area contributed by atoms with Crippen molar-refractivity contribution in [2.75, 3.05) is 13.6 Å². The highest BCUT2D eigenvalue weighted by Crippen LogP contribution is 2.15. The monoisotopic (exact) mass is 157 g/mol. The van der Waals surface area contributed by atoms with Gasteiger partial charge in [-0.25, -0.2) is 0 Å². The summed E-state index contributed by atoms with van der Waals surface area (Å²) in [5.74, 6) is 0.838. The lowest BCUT2D eigenvalue weighted by atomic mass is 9.96. The molecule has 2 unspecified atom stereocenters. The minimum absolute atomic E-state index is 0.782. The highest BCUT2D eigenvalue weighted by Gasteiger charge is 2.16. The van der Waals surface area contributed by atoms with Gasteiger partial charge in [-0.2, -0.15) is 0 Å². The van der Waals surface area contributed by atoms with Crippen molar-refractivity contribution in [3.05, 3.63) is 0 Å². The first kappa shape index (κ1) is 11.0. The molecule has 0 bridgehead atoms. The maximum absolute atomic E-state index is 2.45. The summed E-state index contributed by atoms with van der Waals surface area (Å²) >= 11 is 0. The van der Waals surface area contributed by atoms with Crippen LogP contribution in [0.1, 0.15) is 40.5 Å². The molecule has 1 nitrogen and oxygen atoms in total. The van der Waals surface area contributed by atoms with E-state index in [4.69, 9.17) is 0 Å². The van der Waals surface area contributed by atoms with Crippen LogP contribution in [-0.2, 0) is 0 Å². The Morgan fingerprint density at radius 1 is 1.09 bits per heavy atom. The lowest BCUT2D eigenvalue weighted by Gasteiger charge is -2.30. The molecular weight excluding hydrogens is 134 g/mol. The van der Waals surface area contributed by atoms with Crippen molar-refractivity contribution < 1.29 is 0 Å². The van der Waals surface area contributed by atoms with Crippen LogP contribution in [0.5, 0.6) is 0 Å². The van der Waals surface area contributed by atoms with Crippen molar-refractivity contribution in [2.45, 2.75) is 46.6 Å². The van der Waals surface area contributed by atoms with Gasteiger partial charge >= 0.3 is 0 Å². The van der Waals surface area contributed by atoms with E-state index in [2.05, 4.69) is 39.6 Å². The maximum Gasteiger partial charge on any atom is 0.0115 e. The average Bonchev–Trinajstić information content (AvgIpc) is 2.05. The summed E-state index contributed by atoms with van der Waals surface area (Å²) in [7, 11) is 2.22. The standard InChI is InChI=1S/C10H23N/c1-6-9(4)10(7-2)11(5)8-3/h9-10H,6-8H2,1-5H3. The Hall–Kier alpha value is -0.0400. The molecule has 0 aromatic heterocycles. The van der Waals surface area contributed by atoms with E-state index < -0.39 is 0 Å². The fourth-order valence-electron chi connectivity index (χ4n) is 1.66. The van der Waals surface area contributed by atoms with Crippen molar-refractivity contribution in [3.63, 3.8) is 0 Å². The first-order valence-electron chi connectivity index (χ1n) is 4.87. The van der Waals surface area contributed by atoms with Crippen molar-refractivity contribution in [1.29, 1.82) is 0 Å². The van der Waals surface area contributed by atoms with Gasteiger partial charge < -0.3 is 4.90 Å². The SMILES string of the molecule is CCC(C)C(CC)N(C)CC. The van der Waals surface area contributed by atoms with Crippen molar-refractivity contribution in [2.24, 2.45) is 5.92 Å². The summed E-state index contributed by atoms with van der Waals surface area (Å²) < 4.78 is 0. The van der Waals surface area contributed by atoms with Gasteiger partial charge in [-0.05, 0) is 25.9 Å². The molecule has 0 rings (SSSR count). The summed E-state index contributed by atoms with van der Waals surface area (Å²) in [6.45, 7) is 10.3. The molecule has 2 atom stereocenters. The van der Waals surface area contributed by atoms with Gasteiger partial charge in [0.15, 0.2) is 0 Å². The Balaban J connectivity index is 3.92. The maximum atomic E-state index is 2.45. The molecule has 0 saturated heterocycles. The van der Waals surface area contributed by atoms with E-state index in [0.717, 1.165) is 12.0 Å². The van der Waals surface area contributed by atoms with E-state index in [1.807, 2.05) is 0 Å². The van der Waals surface area contributed by atoms with Gasteiger partial charge in [0.2, 0.25) is 0 Å². The Morgan fingerprint density at radius 2 is 1.64 bits per heavy atom. The molecule has 0 aliphatic rings. The quantitative estimate of drug-likeness (QED) is 0.593. The van der Waals surface area contributed by atoms with Crippen LogP contribution >= 0.6 is 0 Å². The molecule has 0 aliphatic heterocycles. The lowest BCUT2D eigenvalue weighted by Crippen LogP contribution is -2.35. The first-order valence-corrected chi connectivity index (χ1v) is 4.87. The minimum atomic E-state index is 0.782. The number of nitrogens with zero attached hydrogens (tertiary/aromatic N) is 1. The average molecular weight is 157 g/mol. The van der Waals surface area contributed by atoms with Crippen molar-refractivity contribution in [3.8, 4) is 0 Å². The molecule has 0 aromatic carbocycles. The predicted octanol–water partition coefficient (Wildman–Crippen LogP) is 2.76. The zero-order chi connectivity index (χ0) is 8.85. The lowest BCUT2D eigenvalue weighted by molar-refractivity contribution is 0.182. The smallest absolute Gasteiger partial charge is 0.0115 e. The molecule has 0 saturated carbocycles.